The lowest BCUT2D eigenvalue weighted by Gasteiger charge is -2.22. The Morgan fingerprint density at radius 2 is 2.06 bits per heavy atom. The number of rotatable bonds is 6. The Kier molecular flexibility index (Phi) is 5.26. The summed E-state index contributed by atoms with van der Waals surface area (Å²) in [6.07, 6.45) is 0.754. The number of nitrogens with zero attached hydrogens (tertiary/aromatic N) is 1. The Balaban J connectivity index is 2.45. The van der Waals surface area contributed by atoms with Gasteiger partial charge in [-0.05, 0) is 44.0 Å². The average molecular weight is 251 g/mol. The van der Waals surface area contributed by atoms with Crippen LogP contribution in [0.5, 0.6) is 0 Å². The summed E-state index contributed by atoms with van der Waals surface area (Å²) >= 11 is 0. The molecule has 0 atom stereocenters. The lowest BCUT2D eigenvalue weighted by Crippen LogP contribution is -2.24. The molecule has 0 saturated carbocycles. The van der Waals surface area contributed by atoms with E-state index in [-0.39, 0.29) is 5.60 Å². The van der Waals surface area contributed by atoms with E-state index in [1.807, 2.05) is 19.9 Å². The molecule has 3 nitrogen and oxygen atoms in total. The summed E-state index contributed by atoms with van der Waals surface area (Å²) in [5.41, 5.74) is 0.757. The lowest BCUT2D eigenvalue weighted by molar-refractivity contribution is -0.0124. The molecule has 18 heavy (non-hydrogen) atoms. The van der Waals surface area contributed by atoms with Crippen LogP contribution in [0.25, 0.3) is 0 Å². The Bertz CT molecular complexity index is 438. The predicted molar refractivity (Wildman–Crippen MR) is 66.5 cm³/mol. The number of halogens is 1. The van der Waals surface area contributed by atoms with Crippen LogP contribution in [0.1, 0.15) is 31.4 Å². The predicted octanol–water partition coefficient (Wildman–Crippen LogP) is 3.03. The van der Waals surface area contributed by atoms with Crippen LogP contribution in [-0.4, -0.2) is 19.3 Å². The van der Waals surface area contributed by atoms with Crippen molar-refractivity contribution in [3.63, 3.8) is 0 Å². The van der Waals surface area contributed by atoms with Gasteiger partial charge in [0.05, 0.1) is 23.8 Å². The third-order valence-electron chi connectivity index (χ3n) is 2.76. The number of hydrogen-bond acceptors (Lipinski definition) is 3. The molecule has 0 unspecified atom stereocenters. The summed E-state index contributed by atoms with van der Waals surface area (Å²) in [6, 6.07) is 6.13. The van der Waals surface area contributed by atoms with Crippen molar-refractivity contribution in [3.05, 3.63) is 35.1 Å². The van der Waals surface area contributed by atoms with E-state index < -0.39 is 5.82 Å². The van der Waals surface area contributed by atoms with Gasteiger partial charge in [-0.15, -0.1) is 0 Å². The first-order valence-electron chi connectivity index (χ1n) is 5.79. The van der Waals surface area contributed by atoms with Crippen LogP contribution in [0, 0.1) is 17.1 Å². The van der Waals surface area contributed by atoms with Crippen molar-refractivity contribution in [3.8, 4) is 6.07 Å². The lowest BCUT2D eigenvalue weighted by atomic mass is 10.1. The molecule has 0 aromatic heterocycles. The molecule has 1 aromatic carbocycles. The first kappa shape index (κ1) is 14.6. The van der Waals surface area contributed by atoms with Gasteiger partial charge in [-0.25, -0.2) is 4.39 Å². The van der Waals surface area contributed by atoms with Gasteiger partial charge in [0, 0.05) is 13.7 Å². The van der Waals surface area contributed by atoms with Gasteiger partial charge in [0.15, 0.2) is 0 Å². The highest BCUT2D eigenvalue weighted by molar-refractivity contribution is 5.33. The fourth-order valence-electron chi connectivity index (χ4n) is 1.41. The van der Waals surface area contributed by atoms with Crippen molar-refractivity contribution in [2.45, 2.75) is 32.5 Å². The molecule has 1 aromatic rings. The molecular weight excluding hydrogens is 233 g/mol. The van der Waals surface area contributed by atoms with E-state index in [4.69, 9.17) is 14.7 Å². The van der Waals surface area contributed by atoms with Crippen LogP contribution in [0.3, 0.4) is 0 Å². The van der Waals surface area contributed by atoms with Gasteiger partial charge in [-0.1, -0.05) is 0 Å². The standard InChI is InChI=1S/C14H18FNO2/c1-14(2,17-3)4-5-18-10-12-6-11(9-16)7-13(15)8-12/h6-8H,4-5,10H2,1-3H3. The minimum Gasteiger partial charge on any atom is -0.379 e. The van der Waals surface area contributed by atoms with Crippen molar-refractivity contribution in [2.24, 2.45) is 0 Å². The molecule has 0 bridgehead atoms. The number of ether oxygens (including phenoxy) is 2. The molecule has 0 aliphatic rings. The topological polar surface area (TPSA) is 42.2 Å². The zero-order valence-electron chi connectivity index (χ0n) is 11.0. The molecule has 4 heteroatoms. The summed E-state index contributed by atoms with van der Waals surface area (Å²) in [5.74, 6) is -0.412. The highest BCUT2D eigenvalue weighted by atomic mass is 19.1. The van der Waals surface area contributed by atoms with E-state index in [0.717, 1.165) is 6.42 Å². The molecule has 0 spiro atoms. The highest BCUT2D eigenvalue weighted by Gasteiger charge is 2.15. The van der Waals surface area contributed by atoms with Gasteiger partial charge < -0.3 is 9.47 Å². The molecule has 0 aliphatic heterocycles. The Morgan fingerprint density at radius 3 is 2.67 bits per heavy atom. The van der Waals surface area contributed by atoms with Gasteiger partial charge in [0.2, 0.25) is 0 Å². The van der Waals surface area contributed by atoms with Crippen LogP contribution in [0.4, 0.5) is 4.39 Å². The van der Waals surface area contributed by atoms with E-state index in [1.165, 1.54) is 12.1 Å². The van der Waals surface area contributed by atoms with Crippen LogP contribution in [0.15, 0.2) is 18.2 Å². The molecule has 0 aliphatic carbocycles. The number of hydrogen-bond donors (Lipinski definition) is 0. The minimum atomic E-state index is -0.412. The second-order valence-electron chi connectivity index (χ2n) is 4.73. The Morgan fingerprint density at radius 1 is 1.33 bits per heavy atom. The second kappa shape index (κ2) is 6.48. The monoisotopic (exact) mass is 251 g/mol. The first-order chi connectivity index (χ1) is 8.46. The normalized spacial score (nSPS) is 11.3. The SMILES string of the molecule is COC(C)(C)CCOCc1cc(F)cc(C#N)c1. The van der Waals surface area contributed by atoms with Crippen molar-refractivity contribution in [2.75, 3.05) is 13.7 Å². The van der Waals surface area contributed by atoms with Gasteiger partial charge >= 0.3 is 0 Å². The summed E-state index contributed by atoms with van der Waals surface area (Å²) in [5, 5.41) is 8.72. The number of benzene rings is 1. The molecule has 0 N–H and O–H groups in total. The fourth-order valence-corrected chi connectivity index (χ4v) is 1.41. The average Bonchev–Trinajstić information content (AvgIpc) is 2.34. The van der Waals surface area contributed by atoms with Gasteiger partial charge in [-0.3, -0.25) is 0 Å². The maximum Gasteiger partial charge on any atom is 0.124 e. The van der Waals surface area contributed by atoms with E-state index in [0.29, 0.717) is 24.3 Å². The van der Waals surface area contributed by atoms with Crippen molar-refractivity contribution < 1.29 is 13.9 Å². The van der Waals surface area contributed by atoms with Crippen LogP contribution in [-0.2, 0) is 16.1 Å². The van der Waals surface area contributed by atoms with Crippen LogP contribution >= 0.6 is 0 Å². The van der Waals surface area contributed by atoms with Gasteiger partial charge in [0.25, 0.3) is 0 Å². The van der Waals surface area contributed by atoms with E-state index in [9.17, 15) is 4.39 Å². The van der Waals surface area contributed by atoms with E-state index in [1.54, 1.807) is 13.2 Å². The number of nitriles is 1. The van der Waals surface area contributed by atoms with Gasteiger partial charge in [-0.2, -0.15) is 5.26 Å². The summed E-state index contributed by atoms with van der Waals surface area (Å²) < 4.78 is 23.9. The van der Waals surface area contributed by atoms with Crippen molar-refractivity contribution >= 4 is 0 Å². The quantitative estimate of drug-likeness (QED) is 0.730. The van der Waals surface area contributed by atoms with Crippen molar-refractivity contribution in [1.29, 1.82) is 5.26 Å². The van der Waals surface area contributed by atoms with E-state index in [2.05, 4.69) is 0 Å². The molecule has 0 radical (unpaired) electrons. The Labute approximate surface area is 107 Å². The Hall–Kier alpha value is -1.44. The number of methoxy groups -OCH3 is 1. The largest absolute Gasteiger partial charge is 0.379 e. The molecule has 98 valence electrons. The molecular formula is C14H18FNO2. The zero-order valence-corrected chi connectivity index (χ0v) is 11.0. The van der Waals surface area contributed by atoms with Crippen LogP contribution < -0.4 is 0 Å². The van der Waals surface area contributed by atoms with Crippen LogP contribution in [0.2, 0.25) is 0 Å². The molecule has 1 rings (SSSR count). The zero-order chi connectivity index (χ0) is 13.6. The summed E-state index contributed by atoms with van der Waals surface area (Å²) in [6.45, 7) is 4.78. The molecule has 0 heterocycles. The third-order valence-corrected chi connectivity index (χ3v) is 2.76. The third kappa shape index (κ3) is 4.82. The maximum atomic E-state index is 13.1. The fraction of sp³-hybridized carbons (Fsp3) is 0.500. The molecule has 0 saturated heterocycles. The van der Waals surface area contributed by atoms with Crippen molar-refractivity contribution in [1.82, 2.24) is 0 Å². The second-order valence-corrected chi connectivity index (χ2v) is 4.73. The maximum absolute atomic E-state index is 13.1. The highest BCUT2D eigenvalue weighted by Crippen LogP contribution is 2.14. The smallest absolute Gasteiger partial charge is 0.124 e. The van der Waals surface area contributed by atoms with E-state index >= 15 is 0 Å². The molecule has 0 amide bonds. The molecule has 0 fully saturated rings. The van der Waals surface area contributed by atoms with Gasteiger partial charge in [0.1, 0.15) is 5.82 Å². The summed E-state index contributed by atoms with van der Waals surface area (Å²) in [7, 11) is 1.66. The summed E-state index contributed by atoms with van der Waals surface area (Å²) in [4.78, 5) is 0. The minimum absolute atomic E-state index is 0.222. The first-order valence-corrected chi connectivity index (χ1v) is 5.79.